The first-order chi connectivity index (χ1) is 6.83. The molecule has 0 saturated heterocycles. The van der Waals surface area contributed by atoms with Gasteiger partial charge in [0.15, 0.2) is 0 Å². The van der Waals surface area contributed by atoms with Crippen LogP contribution in [-0.4, -0.2) is 11.7 Å². The van der Waals surface area contributed by atoms with E-state index in [9.17, 15) is 5.11 Å². The molecule has 72 valence electrons. The van der Waals surface area contributed by atoms with E-state index in [1.807, 2.05) is 24.3 Å². The SMILES string of the molecule is C#CCN[C@@H]1CC(O)c2ccccc21. The Labute approximate surface area is 84.0 Å². The summed E-state index contributed by atoms with van der Waals surface area (Å²) in [6.45, 7) is 0.547. The Morgan fingerprint density at radius 2 is 2.14 bits per heavy atom. The minimum atomic E-state index is -0.346. The maximum Gasteiger partial charge on any atom is 0.0811 e. The van der Waals surface area contributed by atoms with Crippen LogP contribution in [0, 0.1) is 12.3 Å². The first-order valence-electron chi connectivity index (χ1n) is 4.76. The molecule has 2 atom stereocenters. The Bertz CT molecular complexity index is 367. The highest BCUT2D eigenvalue weighted by Gasteiger charge is 2.28. The Kier molecular flexibility index (Phi) is 2.53. The molecule has 1 aromatic rings. The highest BCUT2D eigenvalue weighted by molar-refractivity contribution is 5.36. The maximum atomic E-state index is 9.76. The predicted octanol–water partition coefficient (Wildman–Crippen LogP) is 1.39. The van der Waals surface area contributed by atoms with Gasteiger partial charge in [0, 0.05) is 6.04 Å². The Hall–Kier alpha value is -1.30. The molecule has 1 aliphatic rings. The standard InChI is InChI=1S/C12H13NO/c1-2-7-13-11-8-12(14)10-6-4-3-5-9(10)11/h1,3-6,11-14H,7-8H2/t11-,12?/m1/s1. The lowest BCUT2D eigenvalue weighted by atomic mass is 10.1. The fourth-order valence-corrected chi connectivity index (χ4v) is 1.98. The third-order valence-corrected chi connectivity index (χ3v) is 2.64. The molecular formula is C12H13NO. The Morgan fingerprint density at radius 1 is 1.43 bits per heavy atom. The van der Waals surface area contributed by atoms with Crippen molar-refractivity contribution in [2.75, 3.05) is 6.54 Å². The molecule has 1 unspecified atom stereocenters. The number of fused-ring (bicyclic) bond motifs is 1. The van der Waals surface area contributed by atoms with E-state index in [0.717, 1.165) is 12.0 Å². The topological polar surface area (TPSA) is 32.3 Å². The van der Waals surface area contributed by atoms with Gasteiger partial charge in [0.1, 0.15) is 0 Å². The summed E-state index contributed by atoms with van der Waals surface area (Å²) in [7, 11) is 0. The van der Waals surface area contributed by atoms with Gasteiger partial charge in [0.05, 0.1) is 12.6 Å². The van der Waals surface area contributed by atoms with Crippen molar-refractivity contribution in [3.05, 3.63) is 35.4 Å². The number of rotatable bonds is 2. The summed E-state index contributed by atoms with van der Waals surface area (Å²) in [5.74, 6) is 2.55. The zero-order valence-corrected chi connectivity index (χ0v) is 7.90. The fourth-order valence-electron chi connectivity index (χ4n) is 1.98. The molecule has 0 aliphatic heterocycles. The molecule has 0 amide bonds. The molecule has 1 aliphatic carbocycles. The van der Waals surface area contributed by atoms with E-state index < -0.39 is 0 Å². The quantitative estimate of drug-likeness (QED) is 0.686. The lowest BCUT2D eigenvalue weighted by molar-refractivity contribution is 0.169. The summed E-state index contributed by atoms with van der Waals surface area (Å²) in [6, 6.07) is 8.15. The van der Waals surface area contributed by atoms with Crippen molar-refractivity contribution in [1.29, 1.82) is 0 Å². The molecule has 2 nitrogen and oxygen atoms in total. The molecule has 0 saturated carbocycles. The van der Waals surface area contributed by atoms with E-state index >= 15 is 0 Å². The highest BCUT2D eigenvalue weighted by atomic mass is 16.3. The van der Waals surface area contributed by atoms with Gasteiger partial charge in [-0.05, 0) is 17.5 Å². The van der Waals surface area contributed by atoms with Gasteiger partial charge in [0.2, 0.25) is 0 Å². The number of nitrogens with one attached hydrogen (secondary N) is 1. The minimum absolute atomic E-state index is 0.206. The van der Waals surface area contributed by atoms with Gasteiger partial charge >= 0.3 is 0 Å². The van der Waals surface area contributed by atoms with E-state index in [1.165, 1.54) is 5.56 Å². The predicted molar refractivity (Wildman–Crippen MR) is 55.6 cm³/mol. The van der Waals surface area contributed by atoms with Gasteiger partial charge < -0.3 is 5.11 Å². The number of terminal acetylenes is 1. The monoisotopic (exact) mass is 187 g/mol. The number of aliphatic hydroxyl groups excluding tert-OH is 1. The smallest absolute Gasteiger partial charge is 0.0811 e. The van der Waals surface area contributed by atoms with E-state index in [0.29, 0.717) is 6.54 Å². The van der Waals surface area contributed by atoms with Crippen molar-refractivity contribution in [1.82, 2.24) is 5.32 Å². The lowest BCUT2D eigenvalue weighted by Gasteiger charge is -2.10. The van der Waals surface area contributed by atoms with Crippen molar-refractivity contribution in [3.8, 4) is 12.3 Å². The largest absolute Gasteiger partial charge is 0.388 e. The molecule has 0 heterocycles. The summed E-state index contributed by atoms with van der Waals surface area (Å²) in [5.41, 5.74) is 2.21. The van der Waals surface area contributed by atoms with Gasteiger partial charge in [-0.2, -0.15) is 0 Å². The fraction of sp³-hybridized carbons (Fsp3) is 0.333. The lowest BCUT2D eigenvalue weighted by Crippen LogP contribution is -2.19. The summed E-state index contributed by atoms with van der Waals surface area (Å²) in [6.07, 6.45) is 5.56. The number of benzene rings is 1. The van der Waals surface area contributed by atoms with Crippen LogP contribution in [0.3, 0.4) is 0 Å². The first kappa shape index (κ1) is 9.26. The van der Waals surface area contributed by atoms with E-state index in [4.69, 9.17) is 6.42 Å². The highest BCUT2D eigenvalue weighted by Crippen LogP contribution is 2.37. The molecule has 0 bridgehead atoms. The molecule has 2 rings (SSSR count). The molecule has 2 N–H and O–H groups in total. The average Bonchev–Trinajstić information content (AvgIpc) is 2.54. The van der Waals surface area contributed by atoms with Gasteiger partial charge in [0.25, 0.3) is 0 Å². The third-order valence-electron chi connectivity index (χ3n) is 2.64. The molecule has 0 spiro atoms. The summed E-state index contributed by atoms with van der Waals surface area (Å²) in [5, 5.41) is 13.0. The van der Waals surface area contributed by atoms with Gasteiger partial charge in [-0.25, -0.2) is 0 Å². The van der Waals surface area contributed by atoms with Gasteiger partial charge in [-0.1, -0.05) is 30.2 Å². The second-order valence-electron chi connectivity index (χ2n) is 3.52. The maximum absolute atomic E-state index is 9.76. The second-order valence-corrected chi connectivity index (χ2v) is 3.52. The summed E-state index contributed by atoms with van der Waals surface area (Å²) >= 11 is 0. The third kappa shape index (κ3) is 1.52. The first-order valence-corrected chi connectivity index (χ1v) is 4.76. The molecule has 14 heavy (non-hydrogen) atoms. The van der Waals surface area contributed by atoms with Crippen molar-refractivity contribution < 1.29 is 5.11 Å². The zero-order chi connectivity index (χ0) is 9.97. The minimum Gasteiger partial charge on any atom is -0.388 e. The number of hydrogen-bond donors (Lipinski definition) is 2. The Morgan fingerprint density at radius 3 is 2.86 bits per heavy atom. The van der Waals surface area contributed by atoms with Crippen molar-refractivity contribution in [2.45, 2.75) is 18.6 Å². The summed E-state index contributed by atoms with van der Waals surface area (Å²) in [4.78, 5) is 0. The van der Waals surface area contributed by atoms with Crippen molar-refractivity contribution in [2.24, 2.45) is 0 Å². The molecule has 2 heteroatoms. The second kappa shape index (κ2) is 3.83. The van der Waals surface area contributed by atoms with Crippen LogP contribution in [0.2, 0.25) is 0 Å². The molecule has 0 aromatic heterocycles. The number of aliphatic hydroxyl groups is 1. The van der Waals surface area contributed by atoms with E-state index in [2.05, 4.69) is 11.2 Å². The van der Waals surface area contributed by atoms with Crippen LogP contribution < -0.4 is 5.32 Å². The molecule has 1 aromatic carbocycles. The van der Waals surface area contributed by atoms with Crippen LogP contribution in [0.4, 0.5) is 0 Å². The van der Waals surface area contributed by atoms with Gasteiger partial charge in [-0.15, -0.1) is 6.42 Å². The average molecular weight is 187 g/mol. The Balaban J connectivity index is 2.22. The van der Waals surface area contributed by atoms with E-state index in [1.54, 1.807) is 0 Å². The normalized spacial score (nSPS) is 24.3. The van der Waals surface area contributed by atoms with Crippen LogP contribution in [0.15, 0.2) is 24.3 Å². The van der Waals surface area contributed by atoms with Crippen LogP contribution in [0.25, 0.3) is 0 Å². The zero-order valence-electron chi connectivity index (χ0n) is 7.90. The molecule has 0 fully saturated rings. The molecule has 0 radical (unpaired) electrons. The van der Waals surface area contributed by atoms with Crippen molar-refractivity contribution in [3.63, 3.8) is 0 Å². The number of hydrogen-bond acceptors (Lipinski definition) is 2. The van der Waals surface area contributed by atoms with Gasteiger partial charge in [-0.3, -0.25) is 5.32 Å². The summed E-state index contributed by atoms with van der Waals surface area (Å²) < 4.78 is 0. The van der Waals surface area contributed by atoms with Crippen LogP contribution in [0.5, 0.6) is 0 Å². The van der Waals surface area contributed by atoms with Crippen molar-refractivity contribution >= 4 is 0 Å². The van der Waals surface area contributed by atoms with E-state index in [-0.39, 0.29) is 12.1 Å². The van der Waals surface area contributed by atoms with Crippen LogP contribution >= 0.6 is 0 Å². The van der Waals surface area contributed by atoms with Crippen LogP contribution in [-0.2, 0) is 0 Å². The molecular weight excluding hydrogens is 174 g/mol. The van der Waals surface area contributed by atoms with Crippen LogP contribution in [0.1, 0.15) is 29.7 Å².